The van der Waals surface area contributed by atoms with E-state index < -0.39 is 6.10 Å². The minimum atomic E-state index is -0.812. The van der Waals surface area contributed by atoms with E-state index >= 15 is 0 Å². The van der Waals surface area contributed by atoms with E-state index in [1.54, 1.807) is 7.11 Å². The molecule has 0 aromatic heterocycles. The van der Waals surface area contributed by atoms with Crippen LogP contribution < -0.4 is 4.74 Å². The molecule has 0 fully saturated rings. The van der Waals surface area contributed by atoms with Crippen molar-refractivity contribution in [3.8, 4) is 5.75 Å². The molecule has 0 radical (unpaired) electrons. The Morgan fingerprint density at radius 2 is 1.87 bits per heavy atom. The summed E-state index contributed by atoms with van der Waals surface area (Å²) in [6.07, 6.45) is -0.812. The highest BCUT2D eigenvalue weighted by atomic mass is 16.5. The summed E-state index contributed by atoms with van der Waals surface area (Å²) in [5.74, 6) is 0.849. The number of methoxy groups -OCH3 is 1. The summed E-state index contributed by atoms with van der Waals surface area (Å²) < 4.78 is 5.28. The lowest BCUT2D eigenvalue weighted by molar-refractivity contribution is 0.0950. The minimum absolute atomic E-state index is 0.258. The predicted molar refractivity (Wildman–Crippen MR) is 59.3 cm³/mol. The molecule has 0 aliphatic rings. The molecule has 1 rings (SSSR count). The Kier molecular flexibility index (Phi) is 3.72. The maximum Gasteiger partial charge on any atom is 0.124 e. The fraction of sp³-hybridized carbons (Fsp3) is 0.500. The van der Waals surface area contributed by atoms with E-state index in [9.17, 15) is 5.11 Å². The topological polar surface area (TPSA) is 49.7 Å². The molecule has 0 aliphatic carbocycles. The molecule has 1 atom stereocenters. The lowest BCUT2D eigenvalue weighted by Crippen LogP contribution is -2.07. The van der Waals surface area contributed by atoms with Crippen LogP contribution in [0.3, 0.4) is 0 Å². The van der Waals surface area contributed by atoms with Crippen LogP contribution in [0.15, 0.2) is 6.07 Å². The molecule has 0 bridgehead atoms. The fourth-order valence-corrected chi connectivity index (χ4v) is 1.85. The SMILES string of the molecule is COc1c(C)cc(C(O)CO)c(C)c1C. The largest absolute Gasteiger partial charge is 0.496 e. The number of aliphatic hydroxyl groups excluding tert-OH is 2. The van der Waals surface area contributed by atoms with Gasteiger partial charge in [0.15, 0.2) is 0 Å². The van der Waals surface area contributed by atoms with Crippen molar-refractivity contribution in [2.75, 3.05) is 13.7 Å². The first kappa shape index (κ1) is 12.0. The van der Waals surface area contributed by atoms with E-state index in [-0.39, 0.29) is 6.61 Å². The van der Waals surface area contributed by atoms with Crippen LogP contribution in [0.25, 0.3) is 0 Å². The van der Waals surface area contributed by atoms with Gasteiger partial charge in [0.25, 0.3) is 0 Å². The first-order chi connectivity index (χ1) is 7.02. The van der Waals surface area contributed by atoms with Crippen molar-refractivity contribution >= 4 is 0 Å². The van der Waals surface area contributed by atoms with E-state index in [0.717, 1.165) is 28.0 Å². The van der Waals surface area contributed by atoms with E-state index in [4.69, 9.17) is 9.84 Å². The molecule has 0 aliphatic heterocycles. The van der Waals surface area contributed by atoms with E-state index in [2.05, 4.69) is 0 Å². The molecule has 0 amide bonds. The Morgan fingerprint density at radius 3 is 2.33 bits per heavy atom. The van der Waals surface area contributed by atoms with Crippen LogP contribution in [0.1, 0.15) is 28.4 Å². The molecule has 15 heavy (non-hydrogen) atoms. The second-order valence-electron chi connectivity index (χ2n) is 3.76. The van der Waals surface area contributed by atoms with Crippen molar-refractivity contribution in [1.82, 2.24) is 0 Å². The molecular formula is C12H18O3. The second kappa shape index (κ2) is 4.64. The highest BCUT2D eigenvalue weighted by Crippen LogP contribution is 2.31. The normalized spacial score (nSPS) is 12.7. The highest BCUT2D eigenvalue weighted by Gasteiger charge is 2.15. The summed E-state index contributed by atoms with van der Waals surface area (Å²) in [6.45, 7) is 5.55. The number of aryl methyl sites for hydroxylation is 1. The average molecular weight is 210 g/mol. The Morgan fingerprint density at radius 1 is 1.27 bits per heavy atom. The summed E-state index contributed by atoms with van der Waals surface area (Å²) in [5, 5.41) is 18.6. The maximum atomic E-state index is 9.63. The van der Waals surface area contributed by atoms with E-state index in [0.29, 0.717) is 0 Å². The van der Waals surface area contributed by atoms with Crippen molar-refractivity contribution in [3.05, 3.63) is 28.3 Å². The van der Waals surface area contributed by atoms with Gasteiger partial charge < -0.3 is 14.9 Å². The molecule has 2 N–H and O–H groups in total. The van der Waals surface area contributed by atoms with Gasteiger partial charge in [-0.15, -0.1) is 0 Å². The highest BCUT2D eigenvalue weighted by molar-refractivity contribution is 5.49. The lowest BCUT2D eigenvalue weighted by Gasteiger charge is -2.18. The van der Waals surface area contributed by atoms with Crippen LogP contribution in [-0.2, 0) is 0 Å². The van der Waals surface area contributed by atoms with Crippen LogP contribution in [0, 0.1) is 20.8 Å². The molecule has 1 aromatic rings. The minimum Gasteiger partial charge on any atom is -0.496 e. The van der Waals surface area contributed by atoms with Gasteiger partial charge in [0.1, 0.15) is 11.9 Å². The Bertz CT molecular complexity index is 358. The monoisotopic (exact) mass is 210 g/mol. The van der Waals surface area contributed by atoms with Crippen LogP contribution >= 0.6 is 0 Å². The third-order valence-corrected chi connectivity index (χ3v) is 2.80. The number of ether oxygens (including phenoxy) is 1. The van der Waals surface area contributed by atoms with E-state index in [1.807, 2.05) is 26.8 Å². The van der Waals surface area contributed by atoms with Gasteiger partial charge in [0.05, 0.1) is 13.7 Å². The van der Waals surface area contributed by atoms with Crippen LogP contribution in [0.2, 0.25) is 0 Å². The third kappa shape index (κ3) is 2.13. The predicted octanol–water partition coefficient (Wildman–Crippen LogP) is 1.65. The molecule has 0 saturated carbocycles. The lowest BCUT2D eigenvalue weighted by atomic mass is 9.95. The van der Waals surface area contributed by atoms with Crippen molar-refractivity contribution < 1.29 is 14.9 Å². The first-order valence-corrected chi connectivity index (χ1v) is 4.96. The zero-order chi connectivity index (χ0) is 11.6. The third-order valence-electron chi connectivity index (χ3n) is 2.80. The number of hydrogen-bond donors (Lipinski definition) is 2. The van der Waals surface area contributed by atoms with Gasteiger partial charge in [-0.25, -0.2) is 0 Å². The van der Waals surface area contributed by atoms with Crippen molar-refractivity contribution in [3.63, 3.8) is 0 Å². The molecule has 0 spiro atoms. The number of aliphatic hydroxyl groups is 2. The Labute approximate surface area is 90.3 Å². The van der Waals surface area contributed by atoms with Gasteiger partial charge in [-0.3, -0.25) is 0 Å². The maximum absolute atomic E-state index is 9.63. The number of hydrogen-bond acceptors (Lipinski definition) is 3. The quantitative estimate of drug-likeness (QED) is 0.797. The first-order valence-electron chi connectivity index (χ1n) is 4.96. The van der Waals surface area contributed by atoms with Gasteiger partial charge >= 0.3 is 0 Å². The molecular weight excluding hydrogens is 192 g/mol. The Hall–Kier alpha value is -1.06. The smallest absolute Gasteiger partial charge is 0.124 e. The molecule has 1 aromatic carbocycles. The Balaban J connectivity index is 3.33. The number of benzene rings is 1. The molecule has 0 saturated heterocycles. The van der Waals surface area contributed by atoms with Crippen molar-refractivity contribution in [2.24, 2.45) is 0 Å². The zero-order valence-corrected chi connectivity index (χ0v) is 9.66. The molecule has 3 heteroatoms. The number of rotatable bonds is 3. The summed E-state index contributed by atoms with van der Waals surface area (Å²) in [6, 6.07) is 1.86. The molecule has 84 valence electrons. The van der Waals surface area contributed by atoms with Crippen molar-refractivity contribution in [2.45, 2.75) is 26.9 Å². The van der Waals surface area contributed by atoms with Crippen LogP contribution in [0.5, 0.6) is 5.75 Å². The van der Waals surface area contributed by atoms with Gasteiger partial charge in [-0.05, 0) is 49.1 Å². The summed E-state index contributed by atoms with van der Waals surface area (Å²) >= 11 is 0. The van der Waals surface area contributed by atoms with Gasteiger partial charge in [-0.2, -0.15) is 0 Å². The van der Waals surface area contributed by atoms with Gasteiger partial charge in [0.2, 0.25) is 0 Å². The summed E-state index contributed by atoms with van der Waals surface area (Å²) in [4.78, 5) is 0. The molecule has 1 unspecified atom stereocenters. The standard InChI is InChI=1S/C12H18O3/c1-7-5-10(11(14)6-13)8(2)9(3)12(7)15-4/h5,11,13-14H,6H2,1-4H3. The average Bonchev–Trinajstić information content (AvgIpc) is 2.23. The zero-order valence-electron chi connectivity index (χ0n) is 9.66. The second-order valence-corrected chi connectivity index (χ2v) is 3.76. The van der Waals surface area contributed by atoms with Gasteiger partial charge in [0, 0.05) is 0 Å². The fourth-order valence-electron chi connectivity index (χ4n) is 1.85. The van der Waals surface area contributed by atoms with Crippen LogP contribution in [0.4, 0.5) is 0 Å². The molecule has 3 nitrogen and oxygen atoms in total. The molecule has 0 heterocycles. The van der Waals surface area contributed by atoms with Gasteiger partial charge in [-0.1, -0.05) is 0 Å². The van der Waals surface area contributed by atoms with Crippen LogP contribution in [-0.4, -0.2) is 23.9 Å². The van der Waals surface area contributed by atoms with E-state index in [1.165, 1.54) is 0 Å². The summed E-state index contributed by atoms with van der Waals surface area (Å²) in [7, 11) is 1.64. The van der Waals surface area contributed by atoms with Crippen molar-refractivity contribution in [1.29, 1.82) is 0 Å². The summed E-state index contributed by atoms with van der Waals surface area (Å²) in [5.41, 5.74) is 3.73.